The molecular formula is C16H22N4OS2. The first kappa shape index (κ1) is 17.7. The Bertz CT molecular complexity index is 670. The van der Waals surface area contributed by atoms with Gasteiger partial charge in [0.25, 0.3) is 0 Å². The van der Waals surface area contributed by atoms with Crippen molar-refractivity contribution in [1.29, 1.82) is 0 Å². The summed E-state index contributed by atoms with van der Waals surface area (Å²) < 4.78 is 0.783. The molecule has 1 amide bonds. The Balaban J connectivity index is 1.88. The molecule has 1 aromatic heterocycles. The average Bonchev–Trinajstić information content (AvgIpc) is 2.95. The number of benzene rings is 1. The molecule has 0 spiro atoms. The number of hydrogen-bond donors (Lipinski definition) is 2. The van der Waals surface area contributed by atoms with Crippen LogP contribution in [0, 0.1) is 6.92 Å². The topological polar surface area (TPSA) is 66.9 Å². The molecule has 0 saturated carbocycles. The molecule has 5 nitrogen and oxygen atoms in total. The molecule has 1 heterocycles. The largest absolute Gasteiger partial charge is 0.351 e. The quantitative estimate of drug-likeness (QED) is 0.739. The van der Waals surface area contributed by atoms with Crippen molar-refractivity contribution in [2.24, 2.45) is 0 Å². The van der Waals surface area contributed by atoms with Gasteiger partial charge in [0, 0.05) is 11.2 Å². The minimum absolute atomic E-state index is 0.0189. The highest BCUT2D eigenvalue weighted by atomic mass is 32.2. The summed E-state index contributed by atoms with van der Waals surface area (Å²) in [5.74, 6) is 0.369. The van der Waals surface area contributed by atoms with Gasteiger partial charge in [0.2, 0.25) is 11.0 Å². The molecule has 7 heteroatoms. The number of hydrogen-bond acceptors (Lipinski definition) is 6. The molecule has 1 aromatic carbocycles. The maximum Gasteiger partial charge on any atom is 0.230 e. The summed E-state index contributed by atoms with van der Waals surface area (Å²) in [6.07, 6.45) is 0.896. The summed E-state index contributed by atoms with van der Waals surface area (Å²) in [6, 6.07) is 8.02. The van der Waals surface area contributed by atoms with Crippen LogP contribution < -0.4 is 10.6 Å². The van der Waals surface area contributed by atoms with Crippen molar-refractivity contribution in [2.75, 3.05) is 11.1 Å². The van der Waals surface area contributed by atoms with Gasteiger partial charge in [-0.1, -0.05) is 48.2 Å². The van der Waals surface area contributed by atoms with Crippen LogP contribution in [0.1, 0.15) is 32.8 Å². The van der Waals surface area contributed by atoms with E-state index >= 15 is 0 Å². The number of anilines is 2. The van der Waals surface area contributed by atoms with Gasteiger partial charge >= 0.3 is 0 Å². The number of para-hydroxylation sites is 1. The van der Waals surface area contributed by atoms with Gasteiger partial charge in [0.1, 0.15) is 0 Å². The van der Waals surface area contributed by atoms with Gasteiger partial charge in [0.05, 0.1) is 5.75 Å². The molecule has 0 fully saturated rings. The third kappa shape index (κ3) is 5.51. The lowest BCUT2D eigenvalue weighted by molar-refractivity contribution is -0.120. The van der Waals surface area contributed by atoms with Crippen LogP contribution in [0.3, 0.4) is 0 Å². The second-order valence-corrected chi connectivity index (χ2v) is 8.09. The van der Waals surface area contributed by atoms with Gasteiger partial charge in [-0.25, -0.2) is 0 Å². The Morgan fingerprint density at radius 1 is 1.30 bits per heavy atom. The Morgan fingerprint density at radius 2 is 2.04 bits per heavy atom. The minimum Gasteiger partial charge on any atom is -0.351 e. The number of rotatable bonds is 7. The maximum absolute atomic E-state index is 11.9. The molecule has 0 saturated heterocycles. The normalized spacial score (nSPS) is 11.3. The first-order valence-electron chi connectivity index (χ1n) is 7.49. The van der Waals surface area contributed by atoms with E-state index in [4.69, 9.17) is 0 Å². The number of aryl methyl sites for hydroxylation is 1. The number of nitrogens with one attached hydrogen (secondary N) is 2. The monoisotopic (exact) mass is 350 g/mol. The standard InChI is InChI=1S/C16H22N4OS2/c1-5-16(3,4)18-13(21)10-22-15-20-19-14(23-15)17-12-9-7-6-8-11(12)2/h6-9H,5,10H2,1-4H3,(H,17,19)(H,18,21). The molecule has 0 aliphatic heterocycles. The average molecular weight is 351 g/mol. The number of carbonyl (C=O) groups excluding carboxylic acids is 1. The Morgan fingerprint density at radius 3 is 2.74 bits per heavy atom. The fourth-order valence-corrected chi connectivity index (χ4v) is 3.34. The molecular weight excluding hydrogens is 328 g/mol. The number of carbonyl (C=O) groups is 1. The van der Waals surface area contributed by atoms with E-state index < -0.39 is 0 Å². The summed E-state index contributed by atoms with van der Waals surface area (Å²) >= 11 is 2.86. The molecule has 0 unspecified atom stereocenters. The van der Waals surface area contributed by atoms with E-state index in [0.717, 1.165) is 27.1 Å². The van der Waals surface area contributed by atoms with Crippen LogP contribution in [0.25, 0.3) is 0 Å². The summed E-state index contributed by atoms with van der Waals surface area (Å²) in [5, 5.41) is 15.2. The zero-order chi connectivity index (χ0) is 16.9. The highest BCUT2D eigenvalue weighted by molar-refractivity contribution is 8.01. The first-order chi connectivity index (χ1) is 10.9. The van der Waals surface area contributed by atoms with E-state index in [2.05, 4.69) is 27.8 Å². The van der Waals surface area contributed by atoms with Crippen LogP contribution in [-0.4, -0.2) is 27.4 Å². The fourth-order valence-electron chi connectivity index (χ4n) is 1.78. The lowest BCUT2D eigenvalue weighted by Gasteiger charge is -2.24. The molecule has 0 bridgehead atoms. The fraction of sp³-hybridized carbons (Fsp3) is 0.438. The van der Waals surface area contributed by atoms with Crippen LogP contribution in [-0.2, 0) is 4.79 Å². The maximum atomic E-state index is 11.9. The number of thioether (sulfide) groups is 1. The van der Waals surface area contributed by atoms with Crippen molar-refractivity contribution in [3.05, 3.63) is 29.8 Å². The van der Waals surface area contributed by atoms with E-state index in [9.17, 15) is 4.79 Å². The van der Waals surface area contributed by atoms with Crippen molar-refractivity contribution in [2.45, 2.75) is 44.0 Å². The molecule has 2 aromatic rings. The van der Waals surface area contributed by atoms with E-state index in [0.29, 0.717) is 5.75 Å². The molecule has 2 rings (SSSR count). The van der Waals surface area contributed by atoms with Crippen molar-refractivity contribution in [3.63, 3.8) is 0 Å². The van der Waals surface area contributed by atoms with Crippen LogP contribution >= 0.6 is 23.1 Å². The Hall–Kier alpha value is -1.60. The molecule has 0 radical (unpaired) electrons. The number of amides is 1. The second kappa shape index (κ2) is 7.79. The molecule has 124 valence electrons. The highest BCUT2D eigenvalue weighted by Gasteiger charge is 2.18. The lowest BCUT2D eigenvalue weighted by Crippen LogP contribution is -2.43. The van der Waals surface area contributed by atoms with Crippen molar-refractivity contribution in [3.8, 4) is 0 Å². The van der Waals surface area contributed by atoms with Gasteiger partial charge in [-0.05, 0) is 38.8 Å². The smallest absolute Gasteiger partial charge is 0.230 e. The summed E-state index contributed by atoms with van der Waals surface area (Å²) in [4.78, 5) is 11.9. The van der Waals surface area contributed by atoms with Gasteiger partial charge in [-0.3, -0.25) is 4.79 Å². The number of nitrogens with zero attached hydrogens (tertiary/aromatic N) is 2. The lowest BCUT2D eigenvalue weighted by atomic mass is 10.0. The van der Waals surface area contributed by atoms with Gasteiger partial charge in [-0.2, -0.15) is 0 Å². The molecule has 0 atom stereocenters. The van der Waals surface area contributed by atoms with E-state index in [-0.39, 0.29) is 11.4 Å². The van der Waals surface area contributed by atoms with Crippen LogP contribution in [0.4, 0.5) is 10.8 Å². The predicted molar refractivity (Wildman–Crippen MR) is 97.6 cm³/mol. The number of aromatic nitrogens is 2. The van der Waals surface area contributed by atoms with Gasteiger partial charge in [-0.15, -0.1) is 10.2 Å². The molecule has 2 N–H and O–H groups in total. The summed E-state index contributed by atoms with van der Waals surface area (Å²) in [7, 11) is 0. The van der Waals surface area contributed by atoms with E-state index in [1.807, 2.05) is 45.0 Å². The highest BCUT2D eigenvalue weighted by Crippen LogP contribution is 2.28. The zero-order valence-corrected chi connectivity index (χ0v) is 15.5. The molecule has 0 aliphatic carbocycles. The Labute approximate surface area is 145 Å². The minimum atomic E-state index is -0.170. The molecule has 23 heavy (non-hydrogen) atoms. The zero-order valence-electron chi connectivity index (χ0n) is 13.8. The van der Waals surface area contributed by atoms with Crippen molar-refractivity contribution in [1.82, 2.24) is 15.5 Å². The first-order valence-corrected chi connectivity index (χ1v) is 9.30. The summed E-state index contributed by atoms with van der Waals surface area (Å²) in [5.41, 5.74) is 2.00. The predicted octanol–water partition coefficient (Wildman–Crippen LogP) is 3.99. The third-order valence-electron chi connectivity index (χ3n) is 3.48. The third-order valence-corrected chi connectivity index (χ3v) is 5.45. The Kier molecular flexibility index (Phi) is 6.01. The molecule has 0 aliphatic rings. The summed E-state index contributed by atoms with van der Waals surface area (Å²) in [6.45, 7) is 8.13. The van der Waals surface area contributed by atoms with Crippen LogP contribution in [0.5, 0.6) is 0 Å². The van der Waals surface area contributed by atoms with E-state index in [1.54, 1.807) is 0 Å². The van der Waals surface area contributed by atoms with Crippen LogP contribution in [0.15, 0.2) is 28.6 Å². The van der Waals surface area contributed by atoms with E-state index in [1.165, 1.54) is 23.1 Å². The van der Waals surface area contributed by atoms with Gasteiger partial charge in [0.15, 0.2) is 4.34 Å². The second-order valence-electron chi connectivity index (χ2n) is 5.89. The van der Waals surface area contributed by atoms with Crippen molar-refractivity contribution >= 4 is 39.8 Å². The van der Waals surface area contributed by atoms with Crippen LogP contribution in [0.2, 0.25) is 0 Å². The van der Waals surface area contributed by atoms with Crippen molar-refractivity contribution < 1.29 is 4.79 Å². The SMILES string of the molecule is CCC(C)(C)NC(=O)CSc1nnc(Nc2ccccc2C)s1. The van der Waals surface area contributed by atoms with Gasteiger partial charge < -0.3 is 10.6 Å².